The Balaban J connectivity index is 2.14. The standard InChI is InChI=1S/C17H17N3O2/c1-4-19-10(2)12-7-5-6-11-8-9-20(13(11)12)15-14(19)16(21)18(3)17(15)22/h5-10H,4H2,1-3H3. The molecule has 0 saturated carbocycles. The predicted molar refractivity (Wildman–Crippen MR) is 83.7 cm³/mol. The van der Waals surface area contributed by atoms with E-state index >= 15 is 0 Å². The lowest BCUT2D eigenvalue weighted by molar-refractivity contribution is -0.136. The molecule has 3 heterocycles. The zero-order valence-corrected chi connectivity index (χ0v) is 12.8. The SMILES string of the molecule is CCN1C2=C(C(=O)N(C)C2=O)n2ccc3cccc(c32)C1C. The number of amides is 2. The van der Waals surface area contributed by atoms with Crippen molar-refractivity contribution in [3.8, 4) is 0 Å². The van der Waals surface area contributed by atoms with Gasteiger partial charge < -0.3 is 9.47 Å². The van der Waals surface area contributed by atoms with E-state index in [1.807, 2.05) is 40.8 Å². The van der Waals surface area contributed by atoms with Crippen LogP contribution in [0.2, 0.25) is 0 Å². The molecule has 0 saturated heterocycles. The van der Waals surface area contributed by atoms with Crippen molar-refractivity contribution in [2.75, 3.05) is 13.6 Å². The summed E-state index contributed by atoms with van der Waals surface area (Å²) in [6.07, 6.45) is 1.89. The summed E-state index contributed by atoms with van der Waals surface area (Å²) in [5, 5.41) is 1.09. The van der Waals surface area contributed by atoms with Crippen molar-refractivity contribution < 1.29 is 9.59 Å². The van der Waals surface area contributed by atoms with Crippen molar-refractivity contribution in [1.29, 1.82) is 0 Å². The lowest BCUT2D eigenvalue weighted by atomic mass is 10.0. The van der Waals surface area contributed by atoms with Crippen LogP contribution in [0.15, 0.2) is 36.2 Å². The van der Waals surface area contributed by atoms with E-state index in [0.29, 0.717) is 17.9 Å². The average molecular weight is 295 g/mol. The molecule has 112 valence electrons. The minimum atomic E-state index is -0.236. The molecule has 2 aromatic rings. The van der Waals surface area contributed by atoms with Crippen LogP contribution in [0.3, 0.4) is 0 Å². The van der Waals surface area contributed by atoms with E-state index in [4.69, 9.17) is 0 Å². The highest BCUT2D eigenvalue weighted by Gasteiger charge is 2.43. The highest BCUT2D eigenvalue weighted by molar-refractivity contribution is 6.32. The highest BCUT2D eigenvalue weighted by Crippen LogP contribution is 2.40. The zero-order valence-electron chi connectivity index (χ0n) is 12.8. The third kappa shape index (κ3) is 1.38. The first-order chi connectivity index (χ1) is 10.6. The van der Waals surface area contributed by atoms with E-state index in [-0.39, 0.29) is 17.9 Å². The number of hydrogen-bond acceptors (Lipinski definition) is 3. The fourth-order valence-electron chi connectivity index (χ4n) is 3.63. The normalized spacial score (nSPS) is 21.0. The fourth-order valence-corrected chi connectivity index (χ4v) is 3.63. The molecular formula is C17H17N3O2. The van der Waals surface area contributed by atoms with Gasteiger partial charge in [-0.15, -0.1) is 0 Å². The second kappa shape index (κ2) is 4.22. The lowest BCUT2D eigenvalue weighted by Crippen LogP contribution is -2.34. The number of rotatable bonds is 1. The molecule has 0 fully saturated rings. The van der Waals surface area contributed by atoms with E-state index in [2.05, 4.69) is 13.0 Å². The van der Waals surface area contributed by atoms with Crippen LogP contribution in [0.1, 0.15) is 25.5 Å². The number of likely N-dealkylation sites (N-methyl/N-ethyl adjacent to an activating group) is 2. The summed E-state index contributed by atoms with van der Waals surface area (Å²) in [7, 11) is 1.55. The molecule has 1 aromatic heterocycles. The van der Waals surface area contributed by atoms with Gasteiger partial charge in [-0.25, -0.2) is 0 Å². The molecule has 2 aliphatic rings. The molecule has 5 heteroatoms. The summed E-state index contributed by atoms with van der Waals surface area (Å²) in [5.74, 6) is -0.455. The number of carbonyl (C=O) groups excluding carboxylic acids is 2. The minimum absolute atomic E-state index is 0.0399. The molecule has 0 N–H and O–H groups in total. The first-order valence-corrected chi connectivity index (χ1v) is 7.50. The first kappa shape index (κ1) is 13.1. The van der Waals surface area contributed by atoms with Gasteiger partial charge in [0.2, 0.25) is 0 Å². The largest absolute Gasteiger partial charge is 0.359 e. The number of benzene rings is 1. The Hall–Kier alpha value is -2.56. The van der Waals surface area contributed by atoms with Gasteiger partial charge in [0, 0.05) is 25.2 Å². The van der Waals surface area contributed by atoms with Gasteiger partial charge in [0.25, 0.3) is 11.8 Å². The Kier molecular flexibility index (Phi) is 2.52. The van der Waals surface area contributed by atoms with Gasteiger partial charge in [0.1, 0.15) is 11.4 Å². The first-order valence-electron chi connectivity index (χ1n) is 7.50. The number of carbonyl (C=O) groups is 2. The van der Waals surface area contributed by atoms with Gasteiger partial charge in [-0.05, 0) is 25.5 Å². The minimum Gasteiger partial charge on any atom is -0.359 e. The summed E-state index contributed by atoms with van der Waals surface area (Å²) in [4.78, 5) is 28.5. The van der Waals surface area contributed by atoms with Crippen LogP contribution in [-0.2, 0) is 9.59 Å². The van der Waals surface area contributed by atoms with Gasteiger partial charge in [-0.2, -0.15) is 0 Å². The van der Waals surface area contributed by atoms with E-state index in [0.717, 1.165) is 16.5 Å². The zero-order chi connectivity index (χ0) is 15.6. The molecule has 1 aromatic carbocycles. The molecular weight excluding hydrogens is 278 g/mol. The molecule has 22 heavy (non-hydrogen) atoms. The quantitative estimate of drug-likeness (QED) is 0.758. The van der Waals surface area contributed by atoms with Crippen LogP contribution in [-0.4, -0.2) is 39.8 Å². The molecule has 1 unspecified atom stereocenters. The fraction of sp³-hybridized carbons (Fsp3) is 0.294. The average Bonchev–Trinajstić information content (AvgIpc) is 3.00. The van der Waals surface area contributed by atoms with Crippen LogP contribution in [0, 0.1) is 0 Å². The number of imide groups is 1. The van der Waals surface area contributed by atoms with Gasteiger partial charge >= 0.3 is 0 Å². The lowest BCUT2D eigenvalue weighted by Gasteiger charge is -2.29. The molecule has 2 amide bonds. The highest BCUT2D eigenvalue weighted by atomic mass is 16.2. The number of para-hydroxylation sites is 1. The van der Waals surface area contributed by atoms with Crippen molar-refractivity contribution in [2.45, 2.75) is 19.9 Å². The summed E-state index contributed by atoms with van der Waals surface area (Å²) in [6.45, 7) is 4.77. The third-order valence-electron chi connectivity index (χ3n) is 4.77. The van der Waals surface area contributed by atoms with Gasteiger partial charge in [-0.1, -0.05) is 18.2 Å². The summed E-state index contributed by atoms with van der Waals surface area (Å²) >= 11 is 0. The van der Waals surface area contributed by atoms with Crippen molar-refractivity contribution in [1.82, 2.24) is 14.4 Å². The smallest absolute Gasteiger partial charge is 0.279 e. The Bertz CT molecular complexity index is 862. The van der Waals surface area contributed by atoms with Gasteiger partial charge in [0.05, 0.1) is 11.6 Å². The van der Waals surface area contributed by atoms with Crippen LogP contribution in [0.4, 0.5) is 0 Å². The summed E-state index contributed by atoms with van der Waals surface area (Å²) in [5.41, 5.74) is 3.15. The van der Waals surface area contributed by atoms with Gasteiger partial charge in [0.15, 0.2) is 0 Å². The number of aromatic nitrogens is 1. The number of nitrogens with zero attached hydrogens (tertiary/aromatic N) is 3. The Labute approximate surface area is 128 Å². The van der Waals surface area contributed by atoms with Crippen molar-refractivity contribution >= 4 is 28.4 Å². The van der Waals surface area contributed by atoms with Crippen molar-refractivity contribution in [3.05, 3.63) is 41.7 Å². The molecule has 1 atom stereocenters. The maximum absolute atomic E-state index is 12.6. The van der Waals surface area contributed by atoms with E-state index in [1.165, 1.54) is 4.90 Å². The van der Waals surface area contributed by atoms with Crippen LogP contribution in [0.5, 0.6) is 0 Å². The monoisotopic (exact) mass is 295 g/mol. The Morgan fingerprint density at radius 3 is 2.55 bits per heavy atom. The maximum atomic E-state index is 12.6. The van der Waals surface area contributed by atoms with E-state index < -0.39 is 0 Å². The van der Waals surface area contributed by atoms with Crippen LogP contribution in [0.25, 0.3) is 16.6 Å². The molecule has 0 aliphatic carbocycles. The molecule has 0 spiro atoms. The second-order valence-electron chi connectivity index (χ2n) is 5.80. The Morgan fingerprint density at radius 2 is 1.82 bits per heavy atom. The summed E-state index contributed by atoms with van der Waals surface area (Å²) < 4.78 is 1.88. The van der Waals surface area contributed by atoms with E-state index in [1.54, 1.807) is 7.05 Å². The topological polar surface area (TPSA) is 45.6 Å². The second-order valence-corrected chi connectivity index (χ2v) is 5.80. The molecule has 5 nitrogen and oxygen atoms in total. The van der Waals surface area contributed by atoms with E-state index in [9.17, 15) is 9.59 Å². The maximum Gasteiger partial charge on any atom is 0.279 e. The van der Waals surface area contributed by atoms with Crippen LogP contribution >= 0.6 is 0 Å². The third-order valence-corrected chi connectivity index (χ3v) is 4.77. The molecule has 4 rings (SSSR count). The van der Waals surface area contributed by atoms with Gasteiger partial charge in [-0.3, -0.25) is 14.5 Å². The molecule has 0 radical (unpaired) electrons. The number of fused-ring (bicyclic) bond motifs is 1. The predicted octanol–water partition coefficient (Wildman–Crippen LogP) is 2.21. The van der Waals surface area contributed by atoms with Crippen molar-refractivity contribution in [2.24, 2.45) is 0 Å². The van der Waals surface area contributed by atoms with Crippen molar-refractivity contribution in [3.63, 3.8) is 0 Å². The van der Waals surface area contributed by atoms with Crippen LogP contribution < -0.4 is 0 Å². The number of hydrogen-bond donors (Lipinski definition) is 0. The molecule has 0 bridgehead atoms. The Morgan fingerprint density at radius 1 is 1.09 bits per heavy atom. The molecule has 2 aliphatic heterocycles. The summed E-state index contributed by atoms with van der Waals surface area (Å²) in [6, 6.07) is 8.17.